The molecular weight excluding hydrogens is 249 g/mol. The minimum atomic E-state index is -0.596. The quantitative estimate of drug-likeness (QED) is 0.911. The van der Waals surface area contributed by atoms with E-state index in [2.05, 4.69) is 5.32 Å². The second-order valence-electron chi connectivity index (χ2n) is 5.12. The van der Waals surface area contributed by atoms with Crippen molar-refractivity contribution in [2.75, 3.05) is 13.2 Å². The van der Waals surface area contributed by atoms with Gasteiger partial charge in [-0.15, -0.1) is 0 Å². The van der Waals surface area contributed by atoms with Gasteiger partial charge in [-0.1, -0.05) is 0 Å². The summed E-state index contributed by atoms with van der Waals surface area (Å²) in [6.45, 7) is 6.20. The molecule has 1 aliphatic rings. The van der Waals surface area contributed by atoms with Crippen molar-refractivity contribution in [1.29, 1.82) is 0 Å². The molecule has 0 radical (unpaired) electrons. The fraction of sp³-hybridized carbons (Fsp3) is 0.500. The van der Waals surface area contributed by atoms with Gasteiger partial charge >= 0.3 is 0 Å². The lowest BCUT2D eigenvalue weighted by atomic mass is 10.1. The second-order valence-corrected chi connectivity index (χ2v) is 5.12. The Balaban J connectivity index is 1.91. The van der Waals surface area contributed by atoms with Crippen molar-refractivity contribution < 1.29 is 18.7 Å². The van der Waals surface area contributed by atoms with Gasteiger partial charge in [0.2, 0.25) is 0 Å². The first-order valence-corrected chi connectivity index (χ1v) is 6.23. The van der Waals surface area contributed by atoms with Crippen molar-refractivity contribution in [1.82, 2.24) is 5.32 Å². The summed E-state index contributed by atoms with van der Waals surface area (Å²) in [7, 11) is 0. The third-order valence-corrected chi connectivity index (χ3v) is 2.99. The Morgan fingerprint density at radius 1 is 1.53 bits per heavy atom. The van der Waals surface area contributed by atoms with E-state index < -0.39 is 5.79 Å². The molecule has 1 aromatic carbocycles. The second kappa shape index (κ2) is 5.27. The standard InChI is InChI=1S/C14H18FNO3/c1-9-6-10(15)4-5-12(9)13(17)16-7-11-8-18-14(2,3)19-11/h4-6,11H,7-8H2,1-3H3,(H,16,17). The molecule has 1 heterocycles. The molecule has 2 rings (SSSR count). The third kappa shape index (κ3) is 3.52. The van der Waals surface area contributed by atoms with Gasteiger partial charge in [0.25, 0.3) is 5.91 Å². The summed E-state index contributed by atoms with van der Waals surface area (Å²) in [5.74, 6) is -1.17. The Morgan fingerprint density at radius 3 is 2.84 bits per heavy atom. The van der Waals surface area contributed by atoms with Crippen molar-refractivity contribution in [3.8, 4) is 0 Å². The summed E-state index contributed by atoms with van der Waals surface area (Å²) in [5.41, 5.74) is 1.08. The van der Waals surface area contributed by atoms with Gasteiger partial charge in [-0.25, -0.2) is 4.39 Å². The van der Waals surface area contributed by atoms with Gasteiger partial charge in [-0.3, -0.25) is 4.79 Å². The maximum atomic E-state index is 13.0. The van der Waals surface area contributed by atoms with Crippen LogP contribution >= 0.6 is 0 Å². The SMILES string of the molecule is Cc1cc(F)ccc1C(=O)NCC1COC(C)(C)O1. The minimum absolute atomic E-state index is 0.153. The van der Waals surface area contributed by atoms with Crippen LogP contribution in [0.3, 0.4) is 0 Å². The molecule has 0 aromatic heterocycles. The summed E-state index contributed by atoms with van der Waals surface area (Å²) in [6.07, 6.45) is -0.153. The Bertz CT molecular complexity index is 488. The number of halogens is 1. The third-order valence-electron chi connectivity index (χ3n) is 2.99. The average Bonchev–Trinajstić information content (AvgIpc) is 2.66. The molecule has 1 amide bonds. The zero-order valence-corrected chi connectivity index (χ0v) is 11.3. The number of rotatable bonds is 3. The number of ether oxygens (including phenoxy) is 2. The van der Waals surface area contributed by atoms with Crippen LogP contribution in [0.15, 0.2) is 18.2 Å². The number of benzene rings is 1. The van der Waals surface area contributed by atoms with Crippen LogP contribution in [-0.4, -0.2) is 30.9 Å². The highest BCUT2D eigenvalue weighted by Gasteiger charge is 2.32. The summed E-state index contributed by atoms with van der Waals surface area (Å²) in [4.78, 5) is 12.0. The Labute approximate surface area is 111 Å². The minimum Gasteiger partial charge on any atom is -0.349 e. The molecule has 5 heteroatoms. The van der Waals surface area contributed by atoms with Gasteiger partial charge in [0.1, 0.15) is 11.9 Å². The van der Waals surface area contributed by atoms with E-state index in [1.807, 2.05) is 13.8 Å². The first kappa shape index (κ1) is 14.0. The summed E-state index contributed by atoms with van der Waals surface area (Å²) in [5, 5.41) is 2.77. The summed E-state index contributed by atoms with van der Waals surface area (Å²) < 4.78 is 24.0. The van der Waals surface area contributed by atoms with Crippen molar-refractivity contribution in [2.45, 2.75) is 32.7 Å². The molecule has 0 spiro atoms. The lowest BCUT2D eigenvalue weighted by Crippen LogP contribution is -2.34. The number of amides is 1. The van der Waals surface area contributed by atoms with Crippen LogP contribution in [0.1, 0.15) is 29.8 Å². The lowest BCUT2D eigenvalue weighted by Gasteiger charge is -2.17. The van der Waals surface area contributed by atoms with Gasteiger partial charge < -0.3 is 14.8 Å². The molecule has 0 saturated carbocycles. The number of aryl methyl sites for hydroxylation is 1. The highest BCUT2D eigenvalue weighted by atomic mass is 19.1. The first-order valence-electron chi connectivity index (χ1n) is 6.23. The Kier molecular flexibility index (Phi) is 3.87. The van der Waals surface area contributed by atoms with Gasteiger partial charge in [0.15, 0.2) is 5.79 Å². The Hall–Kier alpha value is -1.46. The predicted octanol–water partition coefficient (Wildman–Crippen LogP) is 2.02. The van der Waals surface area contributed by atoms with E-state index in [1.54, 1.807) is 6.92 Å². The molecule has 19 heavy (non-hydrogen) atoms. The van der Waals surface area contributed by atoms with Crippen LogP contribution in [0, 0.1) is 12.7 Å². The maximum Gasteiger partial charge on any atom is 0.251 e. The molecule has 1 aromatic rings. The smallest absolute Gasteiger partial charge is 0.251 e. The molecule has 0 bridgehead atoms. The van der Waals surface area contributed by atoms with E-state index in [1.165, 1.54) is 18.2 Å². The number of hydrogen-bond acceptors (Lipinski definition) is 3. The van der Waals surface area contributed by atoms with Gasteiger partial charge in [0.05, 0.1) is 6.61 Å². The molecule has 1 atom stereocenters. The van der Waals surface area contributed by atoms with Crippen LogP contribution in [0.5, 0.6) is 0 Å². The highest BCUT2D eigenvalue weighted by Crippen LogP contribution is 2.21. The highest BCUT2D eigenvalue weighted by molar-refractivity contribution is 5.95. The Morgan fingerprint density at radius 2 is 2.26 bits per heavy atom. The summed E-state index contributed by atoms with van der Waals surface area (Å²) >= 11 is 0. The van der Waals surface area contributed by atoms with E-state index >= 15 is 0 Å². The van der Waals surface area contributed by atoms with Crippen LogP contribution in [0.25, 0.3) is 0 Å². The molecule has 1 aliphatic heterocycles. The number of carbonyl (C=O) groups excluding carboxylic acids is 1. The first-order chi connectivity index (χ1) is 8.87. The van der Waals surface area contributed by atoms with Crippen LogP contribution in [0.4, 0.5) is 4.39 Å². The van der Waals surface area contributed by atoms with E-state index in [4.69, 9.17) is 9.47 Å². The predicted molar refractivity (Wildman–Crippen MR) is 68.4 cm³/mol. The molecule has 1 N–H and O–H groups in total. The van der Waals surface area contributed by atoms with Gasteiger partial charge in [-0.2, -0.15) is 0 Å². The number of nitrogens with one attached hydrogen (secondary N) is 1. The molecule has 4 nitrogen and oxygen atoms in total. The van der Waals surface area contributed by atoms with E-state index in [-0.39, 0.29) is 17.8 Å². The zero-order chi connectivity index (χ0) is 14.0. The topological polar surface area (TPSA) is 47.6 Å². The molecule has 1 fully saturated rings. The van der Waals surface area contributed by atoms with Crippen molar-refractivity contribution >= 4 is 5.91 Å². The van der Waals surface area contributed by atoms with E-state index in [0.29, 0.717) is 24.3 Å². The monoisotopic (exact) mass is 267 g/mol. The zero-order valence-electron chi connectivity index (χ0n) is 11.3. The lowest BCUT2D eigenvalue weighted by molar-refractivity contribution is -0.137. The largest absolute Gasteiger partial charge is 0.349 e. The van der Waals surface area contributed by atoms with Crippen LogP contribution < -0.4 is 5.32 Å². The fourth-order valence-electron chi connectivity index (χ4n) is 2.05. The molecule has 1 saturated heterocycles. The fourth-order valence-corrected chi connectivity index (χ4v) is 2.05. The van der Waals surface area contributed by atoms with E-state index in [0.717, 1.165) is 0 Å². The van der Waals surface area contributed by atoms with Crippen molar-refractivity contribution in [3.63, 3.8) is 0 Å². The van der Waals surface area contributed by atoms with E-state index in [9.17, 15) is 9.18 Å². The van der Waals surface area contributed by atoms with Gasteiger partial charge in [-0.05, 0) is 44.5 Å². The average molecular weight is 267 g/mol. The van der Waals surface area contributed by atoms with Crippen molar-refractivity contribution in [3.05, 3.63) is 35.1 Å². The molecule has 104 valence electrons. The summed E-state index contributed by atoms with van der Waals surface area (Å²) in [6, 6.07) is 4.10. The van der Waals surface area contributed by atoms with Gasteiger partial charge in [0, 0.05) is 12.1 Å². The normalized spacial score (nSPS) is 21.4. The van der Waals surface area contributed by atoms with Crippen LogP contribution in [0.2, 0.25) is 0 Å². The molecular formula is C14H18FNO3. The molecule has 0 aliphatic carbocycles. The number of carbonyl (C=O) groups is 1. The maximum absolute atomic E-state index is 13.0. The number of hydrogen-bond donors (Lipinski definition) is 1. The van der Waals surface area contributed by atoms with Crippen molar-refractivity contribution in [2.24, 2.45) is 0 Å². The molecule has 1 unspecified atom stereocenters. The van der Waals surface area contributed by atoms with Crippen LogP contribution in [-0.2, 0) is 9.47 Å².